The maximum absolute atomic E-state index is 12.6. The average Bonchev–Trinajstić information content (AvgIpc) is 3.11. The Morgan fingerprint density at radius 3 is 1.45 bits per heavy atom. The minimum atomic E-state index is -4.37. The largest absolute Gasteiger partial charge is 0.472 e. The van der Waals surface area contributed by atoms with Gasteiger partial charge in [0.05, 0.1) is 13.2 Å². The Morgan fingerprint density at radius 1 is 0.569 bits per heavy atom. The quantitative estimate of drug-likeness (QED) is 0.0273. The van der Waals surface area contributed by atoms with E-state index in [0.717, 1.165) is 70.6 Å². The second kappa shape index (κ2) is 38.2. The summed E-state index contributed by atoms with van der Waals surface area (Å²) in [5.74, 6) is -0.842. The number of carbonyl (C=O) groups is 2. The summed E-state index contributed by atoms with van der Waals surface area (Å²) < 4.78 is 32.7. The molecule has 0 aliphatic carbocycles. The number of ether oxygens (including phenoxy) is 2. The maximum atomic E-state index is 12.6. The summed E-state index contributed by atoms with van der Waals surface area (Å²) >= 11 is 0. The monoisotopic (exact) mass is 744 g/mol. The lowest BCUT2D eigenvalue weighted by molar-refractivity contribution is -0.161. The number of hydrogen-bond donors (Lipinski definition) is 2. The molecule has 0 bridgehead atoms. The molecule has 51 heavy (non-hydrogen) atoms. The molecule has 3 N–H and O–H groups in total. The Labute approximate surface area is 312 Å². The van der Waals surface area contributed by atoms with Crippen molar-refractivity contribution in [2.24, 2.45) is 5.73 Å². The molecule has 0 spiro atoms. The smallest absolute Gasteiger partial charge is 0.462 e. The van der Waals surface area contributed by atoms with E-state index in [1.165, 1.54) is 89.9 Å². The summed E-state index contributed by atoms with van der Waals surface area (Å²) in [4.78, 5) is 34.7. The number of phosphoric ester groups is 1. The van der Waals surface area contributed by atoms with Crippen LogP contribution >= 0.6 is 7.82 Å². The number of carbonyl (C=O) groups excluding carboxylic acids is 2. The number of nitrogens with two attached hydrogens (primary N) is 1. The molecule has 0 saturated carbocycles. The van der Waals surface area contributed by atoms with Gasteiger partial charge in [-0.3, -0.25) is 18.6 Å². The lowest BCUT2D eigenvalue weighted by atomic mass is 10.1. The van der Waals surface area contributed by atoms with Crippen LogP contribution in [0, 0.1) is 0 Å². The van der Waals surface area contributed by atoms with Gasteiger partial charge >= 0.3 is 19.8 Å². The van der Waals surface area contributed by atoms with Crippen LogP contribution < -0.4 is 5.73 Å². The zero-order valence-electron chi connectivity index (χ0n) is 32.8. The van der Waals surface area contributed by atoms with Crippen LogP contribution in [-0.2, 0) is 32.7 Å². The highest BCUT2D eigenvalue weighted by Gasteiger charge is 2.26. The summed E-state index contributed by atoms with van der Waals surface area (Å²) in [6.45, 7) is 3.68. The van der Waals surface area contributed by atoms with Crippen molar-refractivity contribution in [3.8, 4) is 0 Å². The lowest BCUT2D eigenvalue weighted by Crippen LogP contribution is -2.29. The van der Waals surface area contributed by atoms with Crippen molar-refractivity contribution in [1.29, 1.82) is 0 Å². The van der Waals surface area contributed by atoms with Crippen LogP contribution in [0.25, 0.3) is 0 Å². The number of unbranched alkanes of at least 4 members (excludes halogenated alkanes) is 22. The average molecular weight is 744 g/mol. The van der Waals surface area contributed by atoms with Crippen LogP contribution in [0.3, 0.4) is 0 Å². The summed E-state index contributed by atoms with van der Waals surface area (Å²) in [6, 6.07) is 0. The van der Waals surface area contributed by atoms with Crippen LogP contribution in [0.4, 0.5) is 0 Å². The molecule has 0 aliphatic heterocycles. The summed E-state index contributed by atoms with van der Waals surface area (Å²) in [6.07, 6.45) is 39.2. The first-order chi connectivity index (χ1) is 24.8. The molecule has 0 rings (SSSR count). The molecule has 2 atom stereocenters. The Balaban J connectivity index is 4.14. The van der Waals surface area contributed by atoms with Crippen LogP contribution in [-0.4, -0.2) is 49.3 Å². The van der Waals surface area contributed by atoms with Gasteiger partial charge in [0, 0.05) is 19.4 Å². The predicted molar refractivity (Wildman–Crippen MR) is 211 cm³/mol. The SMILES string of the molecule is CCCC/C=C\CCCCCCCC(=O)OC[C@H](COP(=O)(O)OCCN)OC(=O)CCCCCCCCC/C=C\CCCCCCCCCC. The third-order valence-corrected chi connectivity index (χ3v) is 9.79. The fourth-order valence-electron chi connectivity index (χ4n) is 5.67. The maximum Gasteiger partial charge on any atom is 0.472 e. The molecule has 0 aromatic rings. The van der Waals surface area contributed by atoms with Crippen molar-refractivity contribution in [1.82, 2.24) is 0 Å². The molecule has 10 heteroatoms. The highest BCUT2D eigenvalue weighted by molar-refractivity contribution is 7.47. The van der Waals surface area contributed by atoms with Crippen LogP contribution in [0.5, 0.6) is 0 Å². The van der Waals surface area contributed by atoms with E-state index in [2.05, 4.69) is 38.2 Å². The topological polar surface area (TPSA) is 134 Å². The number of esters is 2. The Hall–Kier alpha value is -1.51. The fraction of sp³-hybridized carbons (Fsp3) is 0.854. The van der Waals surface area contributed by atoms with E-state index in [9.17, 15) is 19.0 Å². The molecular formula is C41H78NO8P. The van der Waals surface area contributed by atoms with Gasteiger partial charge < -0.3 is 20.1 Å². The molecule has 0 aromatic carbocycles. The Kier molecular flexibility index (Phi) is 37.1. The number of phosphoric acid groups is 1. The van der Waals surface area contributed by atoms with Crippen molar-refractivity contribution >= 4 is 19.8 Å². The van der Waals surface area contributed by atoms with Crippen molar-refractivity contribution in [2.75, 3.05) is 26.4 Å². The third-order valence-electron chi connectivity index (χ3n) is 8.81. The number of allylic oxidation sites excluding steroid dienone is 4. The van der Waals surface area contributed by atoms with Gasteiger partial charge in [-0.05, 0) is 57.8 Å². The molecule has 300 valence electrons. The summed E-state index contributed by atoms with van der Waals surface area (Å²) in [5.41, 5.74) is 5.34. The predicted octanol–water partition coefficient (Wildman–Crippen LogP) is 11.6. The molecule has 0 saturated heterocycles. The van der Waals surface area contributed by atoms with Gasteiger partial charge in [-0.2, -0.15) is 0 Å². The van der Waals surface area contributed by atoms with Crippen LogP contribution in [0.1, 0.15) is 194 Å². The minimum Gasteiger partial charge on any atom is -0.462 e. The normalized spacial score (nSPS) is 13.6. The van der Waals surface area contributed by atoms with Gasteiger partial charge in [-0.15, -0.1) is 0 Å². The van der Waals surface area contributed by atoms with Gasteiger partial charge in [0.2, 0.25) is 0 Å². The molecule has 0 aromatic heterocycles. The summed E-state index contributed by atoms with van der Waals surface area (Å²) in [5, 5.41) is 0. The Bertz CT molecular complexity index is 897. The minimum absolute atomic E-state index is 0.0524. The third kappa shape index (κ3) is 38.0. The molecule has 1 unspecified atom stereocenters. The molecule has 0 aliphatic rings. The van der Waals surface area contributed by atoms with Gasteiger partial charge in [-0.1, -0.05) is 147 Å². The lowest BCUT2D eigenvalue weighted by Gasteiger charge is -2.19. The first-order valence-corrected chi connectivity index (χ1v) is 22.3. The van der Waals surface area contributed by atoms with E-state index >= 15 is 0 Å². The van der Waals surface area contributed by atoms with Gasteiger partial charge in [0.25, 0.3) is 0 Å². The van der Waals surface area contributed by atoms with Gasteiger partial charge in [0.1, 0.15) is 6.61 Å². The van der Waals surface area contributed by atoms with Crippen molar-refractivity contribution < 1.29 is 37.6 Å². The highest BCUT2D eigenvalue weighted by atomic mass is 31.2. The van der Waals surface area contributed by atoms with Crippen molar-refractivity contribution in [3.63, 3.8) is 0 Å². The molecule has 0 fully saturated rings. The van der Waals surface area contributed by atoms with E-state index in [-0.39, 0.29) is 32.6 Å². The Morgan fingerprint density at radius 2 is 0.980 bits per heavy atom. The van der Waals surface area contributed by atoms with Crippen molar-refractivity contribution in [2.45, 2.75) is 200 Å². The van der Waals surface area contributed by atoms with Gasteiger partial charge in [0.15, 0.2) is 6.10 Å². The first-order valence-electron chi connectivity index (χ1n) is 20.8. The molecule has 0 amide bonds. The standard InChI is InChI=1S/C41H78NO8P/c1-3-5-7-9-11-13-15-16-17-18-19-20-21-22-24-26-28-30-32-34-41(44)50-39(38-49-51(45,46)48-36-35-42)37-47-40(43)33-31-29-27-25-23-14-12-10-8-6-4-2/h10,12,18-19,39H,3-9,11,13-17,20-38,42H2,1-2H3,(H,45,46)/b12-10-,19-18-/t39-/m1/s1. The summed E-state index contributed by atoms with van der Waals surface area (Å²) in [7, 11) is -4.37. The highest BCUT2D eigenvalue weighted by Crippen LogP contribution is 2.43. The van der Waals surface area contributed by atoms with E-state index in [0.29, 0.717) is 6.42 Å². The number of rotatable bonds is 39. The van der Waals surface area contributed by atoms with E-state index in [1.54, 1.807) is 0 Å². The second-order valence-electron chi connectivity index (χ2n) is 13.8. The zero-order valence-corrected chi connectivity index (χ0v) is 33.7. The fourth-order valence-corrected chi connectivity index (χ4v) is 6.43. The molecule has 0 radical (unpaired) electrons. The second-order valence-corrected chi connectivity index (χ2v) is 15.3. The van der Waals surface area contributed by atoms with Crippen molar-refractivity contribution in [3.05, 3.63) is 24.3 Å². The van der Waals surface area contributed by atoms with E-state index in [4.69, 9.17) is 24.3 Å². The molecule has 9 nitrogen and oxygen atoms in total. The van der Waals surface area contributed by atoms with E-state index < -0.39 is 32.5 Å². The molecule has 0 heterocycles. The van der Waals surface area contributed by atoms with E-state index in [1.807, 2.05) is 0 Å². The molecular weight excluding hydrogens is 665 g/mol. The van der Waals surface area contributed by atoms with Crippen LogP contribution in [0.2, 0.25) is 0 Å². The zero-order chi connectivity index (χ0) is 37.5. The number of hydrogen-bond acceptors (Lipinski definition) is 8. The first kappa shape index (κ1) is 49.5. The van der Waals surface area contributed by atoms with Crippen LogP contribution in [0.15, 0.2) is 24.3 Å². The van der Waals surface area contributed by atoms with Gasteiger partial charge in [-0.25, -0.2) is 4.57 Å².